The van der Waals surface area contributed by atoms with Crippen LogP contribution < -0.4 is 5.73 Å². The van der Waals surface area contributed by atoms with Crippen molar-refractivity contribution in [3.8, 4) is 0 Å². The van der Waals surface area contributed by atoms with Gasteiger partial charge in [-0.2, -0.15) is 13.2 Å². The third-order valence-corrected chi connectivity index (χ3v) is 2.18. The largest absolute Gasteiger partial charge is 0.416 e. The minimum absolute atomic E-state index is 0.123. The summed E-state index contributed by atoms with van der Waals surface area (Å²) in [5.74, 6) is 0. The fourth-order valence-electron chi connectivity index (χ4n) is 1.39. The highest BCUT2D eigenvalue weighted by molar-refractivity contribution is 5.48. The lowest BCUT2D eigenvalue weighted by Crippen LogP contribution is -2.10. The van der Waals surface area contributed by atoms with E-state index in [1.807, 2.05) is 0 Å². The van der Waals surface area contributed by atoms with Crippen LogP contribution in [0.25, 0.3) is 0 Å². The van der Waals surface area contributed by atoms with E-state index in [-0.39, 0.29) is 17.7 Å². The molecular formula is C9H9F3N2O2. The Kier molecular flexibility index (Phi) is 3.18. The Morgan fingerprint density at radius 3 is 2.38 bits per heavy atom. The third kappa shape index (κ3) is 2.30. The SMILES string of the molecule is Cc1cc(C(F)(F)F)cc([N+](=O)[O-])c1CN. The summed E-state index contributed by atoms with van der Waals surface area (Å²) in [5.41, 5.74) is 3.93. The van der Waals surface area contributed by atoms with Gasteiger partial charge in [0.2, 0.25) is 0 Å². The predicted molar refractivity (Wildman–Crippen MR) is 50.7 cm³/mol. The van der Waals surface area contributed by atoms with Crippen molar-refractivity contribution in [2.75, 3.05) is 0 Å². The molecule has 0 amide bonds. The maximum atomic E-state index is 12.4. The van der Waals surface area contributed by atoms with Crippen molar-refractivity contribution in [1.82, 2.24) is 0 Å². The predicted octanol–water partition coefficient (Wildman–Crippen LogP) is 2.38. The van der Waals surface area contributed by atoms with Gasteiger partial charge in [0.1, 0.15) is 0 Å². The van der Waals surface area contributed by atoms with Crippen LogP contribution in [-0.4, -0.2) is 4.92 Å². The van der Waals surface area contributed by atoms with Gasteiger partial charge in [-0.15, -0.1) is 0 Å². The van der Waals surface area contributed by atoms with Crippen molar-refractivity contribution in [2.45, 2.75) is 19.6 Å². The number of alkyl halides is 3. The molecule has 1 aromatic carbocycles. The van der Waals surface area contributed by atoms with Crippen molar-refractivity contribution < 1.29 is 18.1 Å². The Morgan fingerprint density at radius 1 is 1.44 bits per heavy atom. The summed E-state index contributed by atoms with van der Waals surface area (Å²) in [4.78, 5) is 9.74. The van der Waals surface area contributed by atoms with Gasteiger partial charge in [0.15, 0.2) is 0 Å². The summed E-state index contributed by atoms with van der Waals surface area (Å²) in [6.07, 6.45) is -4.59. The molecule has 7 heteroatoms. The highest BCUT2D eigenvalue weighted by Crippen LogP contribution is 2.34. The molecular weight excluding hydrogens is 225 g/mol. The van der Waals surface area contributed by atoms with E-state index in [0.717, 1.165) is 6.07 Å². The van der Waals surface area contributed by atoms with E-state index in [2.05, 4.69) is 0 Å². The Balaban J connectivity index is 3.46. The Labute approximate surface area is 89.0 Å². The molecule has 88 valence electrons. The number of halogens is 3. The van der Waals surface area contributed by atoms with Gasteiger partial charge >= 0.3 is 6.18 Å². The molecule has 0 saturated heterocycles. The zero-order valence-corrected chi connectivity index (χ0v) is 8.34. The molecule has 0 aliphatic heterocycles. The first-order valence-corrected chi connectivity index (χ1v) is 4.32. The number of nitro benzene ring substituents is 1. The lowest BCUT2D eigenvalue weighted by atomic mass is 10.0. The van der Waals surface area contributed by atoms with Crippen molar-refractivity contribution in [3.63, 3.8) is 0 Å². The van der Waals surface area contributed by atoms with Crippen LogP contribution in [-0.2, 0) is 12.7 Å². The first-order valence-electron chi connectivity index (χ1n) is 4.32. The lowest BCUT2D eigenvalue weighted by molar-refractivity contribution is -0.385. The first-order chi connectivity index (χ1) is 7.27. The van der Waals surface area contributed by atoms with E-state index in [4.69, 9.17) is 5.73 Å². The summed E-state index contributed by atoms with van der Waals surface area (Å²) >= 11 is 0. The van der Waals surface area contributed by atoms with Gasteiger partial charge in [0.05, 0.1) is 10.5 Å². The Bertz CT molecular complexity index is 429. The molecule has 0 saturated carbocycles. The summed E-state index contributed by atoms with van der Waals surface area (Å²) in [6.45, 7) is 1.20. The van der Waals surface area contributed by atoms with E-state index >= 15 is 0 Å². The second-order valence-corrected chi connectivity index (χ2v) is 3.25. The third-order valence-electron chi connectivity index (χ3n) is 2.18. The molecule has 0 unspecified atom stereocenters. The van der Waals surface area contributed by atoms with Crippen LogP contribution in [0.2, 0.25) is 0 Å². The summed E-state index contributed by atoms with van der Waals surface area (Å²) in [6, 6.07) is 1.37. The van der Waals surface area contributed by atoms with Gasteiger partial charge in [-0.3, -0.25) is 10.1 Å². The van der Waals surface area contributed by atoms with E-state index in [1.54, 1.807) is 0 Å². The summed E-state index contributed by atoms with van der Waals surface area (Å²) in [7, 11) is 0. The number of hydrogen-bond acceptors (Lipinski definition) is 3. The van der Waals surface area contributed by atoms with Crippen LogP contribution in [0.15, 0.2) is 12.1 Å². The molecule has 0 radical (unpaired) electrons. The normalized spacial score (nSPS) is 11.6. The molecule has 0 bridgehead atoms. The van der Waals surface area contributed by atoms with Crippen LogP contribution in [0.3, 0.4) is 0 Å². The fourth-order valence-corrected chi connectivity index (χ4v) is 1.39. The number of benzene rings is 1. The first kappa shape index (κ1) is 12.4. The maximum Gasteiger partial charge on any atom is 0.416 e. The molecule has 1 aromatic rings. The van der Waals surface area contributed by atoms with Gasteiger partial charge in [-0.1, -0.05) is 0 Å². The Hall–Kier alpha value is -1.63. The van der Waals surface area contributed by atoms with Gasteiger partial charge in [0.25, 0.3) is 5.69 Å². The van der Waals surface area contributed by atoms with E-state index in [9.17, 15) is 23.3 Å². The van der Waals surface area contributed by atoms with Crippen LogP contribution in [0.5, 0.6) is 0 Å². The second-order valence-electron chi connectivity index (χ2n) is 3.25. The van der Waals surface area contributed by atoms with Crippen LogP contribution in [0.1, 0.15) is 16.7 Å². The van der Waals surface area contributed by atoms with Crippen LogP contribution in [0.4, 0.5) is 18.9 Å². The topological polar surface area (TPSA) is 69.2 Å². The molecule has 4 nitrogen and oxygen atoms in total. The number of nitrogens with two attached hydrogens (primary N) is 1. The summed E-state index contributed by atoms with van der Waals surface area (Å²) in [5, 5.41) is 10.6. The molecule has 0 spiro atoms. The lowest BCUT2D eigenvalue weighted by Gasteiger charge is -2.10. The molecule has 1 rings (SSSR count). The van der Waals surface area contributed by atoms with Gasteiger partial charge in [0, 0.05) is 18.2 Å². The van der Waals surface area contributed by atoms with Gasteiger partial charge < -0.3 is 5.73 Å². The molecule has 2 N–H and O–H groups in total. The average Bonchev–Trinajstić information content (AvgIpc) is 2.14. The molecule has 16 heavy (non-hydrogen) atoms. The smallest absolute Gasteiger partial charge is 0.326 e. The number of nitro groups is 1. The van der Waals surface area contributed by atoms with Crippen molar-refractivity contribution in [1.29, 1.82) is 0 Å². The fraction of sp³-hybridized carbons (Fsp3) is 0.333. The number of aryl methyl sites for hydroxylation is 1. The number of hydrogen-bond donors (Lipinski definition) is 1. The monoisotopic (exact) mass is 234 g/mol. The van der Waals surface area contributed by atoms with Gasteiger partial charge in [-0.25, -0.2) is 0 Å². The molecule has 0 aromatic heterocycles. The van der Waals surface area contributed by atoms with Crippen LogP contribution in [0, 0.1) is 17.0 Å². The average molecular weight is 234 g/mol. The number of rotatable bonds is 2. The zero-order chi connectivity index (χ0) is 12.5. The molecule has 0 heterocycles. The Morgan fingerprint density at radius 2 is 2.00 bits per heavy atom. The van der Waals surface area contributed by atoms with Gasteiger partial charge in [-0.05, 0) is 18.6 Å². The minimum Gasteiger partial charge on any atom is -0.326 e. The zero-order valence-electron chi connectivity index (χ0n) is 8.34. The van der Waals surface area contributed by atoms with E-state index in [1.165, 1.54) is 6.92 Å². The minimum atomic E-state index is -4.59. The van der Waals surface area contributed by atoms with Crippen molar-refractivity contribution >= 4 is 5.69 Å². The molecule has 0 fully saturated rings. The van der Waals surface area contributed by atoms with E-state index in [0.29, 0.717) is 6.07 Å². The van der Waals surface area contributed by atoms with Crippen LogP contribution >= 0.6 is 0 Å². The quantitative estimate of drug-likeness (QED) is 0.630. The van der Waals surface area contributed by atoms with Crippen molar-refractivity contribution in [3.05, 3.63) is 38.9 Å². The highest BCUT2D eigenvalue weighted by atomic mass is 19.4. The van der Waals surface area contributed by atoms with Crippen molar-refractivity contribution in [2.24, 2.45) is 5.73 Å². The standard InChI is InChI=1S/C9H9F3N2O2/c1-5-2-6(9(10,11)12)3-8(14(15)16)7(5)4-13/h2-3H,4,13H2,1H3. The molecule has 0 aliphatic carbocycles. The molecule has 0 aliphatic rings. The highest BCUT2D eigenvalue weighted by Gasteiger charge is 2.33. The maximum absolute atomic E-state index is 12.4. The second kappa shape index (κ2) is 4.09. The summed E-state index contributed by atoms with van der Waals surface area (Å²) < 4.78 is 37.2. The number of nitrogens with zero attached hydrogens (tertiary/aromatic N) is 1. The molecule has 0 atom stereocenters. The van der Waals surface area contributed by atoms with E-state index < -0.39 is 22.4 Å².